The first-order valence-corrected chi connectivity index (χ1v) is 13.7. The standard InChI is InChI=1S/C27H37N3O5S/c31-25(17-16-23-12-11-18-28-22-23)29-19-8-2-1-3-9-20-30(36(32)33)27(24-13-5-4-6-14-24)35-26-15-7-10-21-34-26/h4-6,11-14,16-18,22,26-27H,1-3,7-10,15,19-21H2,(H,29,31)(H,32,33)/p-1. The van der Waals surface area contributed by atoms with Gasteiger partial charge in [-0.2, -0.15) is 0 Å². The van der Waals surface area contributed by atoms with Crippen LogP contribution >= 0.6 is 0 Å². The number of hydrogen-bond donors (Lipinski definition) is 1. The second kappa shape index (κ2) is 16.3. The van der Waals surface area contributed by atoms with Gasteiger partial charge in [-0.15, -0.1) is 0 Å². The van der Waals surface area contributed by atoms with Crippen LogP contribution in [0.5, 0.6) is 0 Å². The molecule has 36 heavy (non-hydrogen) atoms. The topological polar surface area (TPSA) is 104 Å². The highest BCUT2D eigenvalue weighted by atomic mass is 32.2. The largest absolute Gasteiger partial charge is 0.760 e. The quantitative estimate of drug-likeness (QED) is 0.162. The fraction of sp³-hybridized carbons (Fsp3) is 0.481. The number of carbonyl (C=O) groups excluding carboxylic acids is 1. The van der Waals surface area contributed by atoms with Crippen molar-refractivity contribution in [2.75, 3.05) is 19.7 Å². The van der Waals surface area contributed by atoms with E-state index in [9.17, 15) is 13.6 Å². The zero-order chi connectivity index (χ0) is 25.4. The Morgan fingerprint density at radius 3 is 2.69 bits per heavy atom. The first-order valence-electron chi connectivity index (χ1n) is 12.7. The normalized spacial score (nSPS) is 17.8. The van der Waals surface area contributed by atoms with Crippen LogP contribution in [0.15, 0.2) is 60.9 Å². The van der Waals surface area contributed by atoms with Gasteiger partial charge in [-0.05, 0) is 55.4 Å². The van der Waals surface area contributed by atoms with E-state index in [-0.39, 0.29) is 5.91 Å². The van der Waals surface area contributed by atoms with Gasteiger partial charge in [0.15, 0.2) is 6.29 Å². The Balaban J connectivity index is 1.37. The molecule has 1 saturated heterocycles. The highest BCUT2D eigenvalue weighted by Gasteiger charge is 2.27. The van der Waals surface area contributed by atoms with Gasteiger partial charge in [0.1, 0.15) is 6.23 Å². The lowest BCUT2D eigenvalue weighted by Crippen LogP contribution is -2.37. The van der Waals surface area contributed by atoms with Crippen molar-refractivity contribution in [3.05, 3.63) is 72.1 Å². The van der Waals surface area contributed by atoms with Gasteiger partial charge >= 0.3 is 0 Å². The fourth-order valence-electron chi connectivity index (χ4n) is 4.00. The predicted molar refractivity (Wildman–Crippen MR) is 139 cm³/mol. The number of hydrogen-bond acceptors (Lipinski definition) is 6. The van der Waals surface area contributed by atoms with Crippen LogP contribution in [0, 0.1) is 0 Å². The lowest BCUT2D eigenvalue weighted by atomic mass is 10.1. The number of carbonyl (C=O) groups is 1. The molecule has 0 aliphatic carbocycles. The van der Waals surface area contributed by atoms with Crippen molar-refractivity contribution >= 4 is 23.2 Å². The van der Waals surface area contributed by atoms with Gasteiger partial charge < -0.3 is 19.3 Å². The lowest BCUT2D eigenvalue weighted by molar-refractivity contribution is -0.211. The number of benzene rings is 1. The fourth-order valence-corrected chi connectivity index (χ4v) is 4.61. The van der Waals surface area contributed by atoms with E-state index in [2.05, 4.69) is 10.3 Å². The van der Waals surface area contributed by atoms with Gasteiger partial charge in [0.2, 0.25) is 5.91 Å². The van der Waals surface area contributed by atoms with E-state index in [1.165, 1.54) is 10.4 Å². The molecule has 1 N–H and O–H groups in total. The number of aromatic nitrogens is 1. The molecule has 3 rings (SSSR count). The summed E-state index contributed by atoms with van der Waals surface area (Å²) >= 11 is -2.42. The van der Waals surface area contributed by atoms with E-state index < -0.39 is 23.8 Å². The van der Waals surface area contributed by atoms with Crippen molar-refractivity contribution in [2.45, 2.75) is 63.9 Å². The van der Waals surface area contributed by atoms with Crippen LogP contribution < -0.4 is 5.32 Å². The summed E-state index contributed by atoms with van der Waals surface area (Å²) in [4.78, 5) is 15.9. The van der Waals surface area contributed by atoms with Crippen molar-refractivity contribution in [3.63, 3.8) is 0 Å². The minimum Gasteiger partial charge on any atom is -0.760 e. The Morgan fingerprint density at radius 1 is 1.17 bits per heavy atom. The maximum Gasteiger partial charge on any atom is 0.243 e. The molecular weight excluding hydrogens is 478 g/mol. The number of pyridine rings is 1. The van der Waals surface area contributed by atoms with Crippen LogP contribution in [-0.2, 0) is 25.5 Å². The Bertz CT molecular complexity index is 939. The summed E-state index contributed by atoms with van der Waals surface area (Å²) in [7, 11) is 0. The van der Waals surface area contributed by atoms with Gasteiger partial charge in [0, 0.05) is 49.4 Å². The molecule has 1 amide bonds. The van der Waals surface area contributed by atoms with Crippen molar-refractivity contribution in [1.29, 1.82) is 0 Å². The number of nitrogens with one attached hydrogen (secondary N) is 1. The molecule has 0 saturated carbocycles. The van der Waals surface area contributed by atoms with Gasteiger partial charge in [0.25, 0.3) is 0 Å². The molecule has 2 heterocycles. The van der Waals surface area contributed by atoms with E-state index in [0.29, 0.717) is 19.7 Å². The summed E-state index contributed by atoms with van der Waals surface area (Å²) < 4.78 is 37.5. The second-order valence-corrected chi connectivity index (χ2v) is 9.63. The molecule has 3 atom stereocenters. The Hall–Kier alpha value is -2.43. The van der Waals surface area contributed by atoms with Crippen molar-refractivity contribution in [2.24, 2.45) is 0 Å². The smallest absolute Gasteiger partial charge is 0.243 e. The summed E-state index contributed by atoms with van der Waals surface area (Å²) in [6, 6.07) is 13.1. The molecule has 1 aromatic carbocycles. The summed E-state index contributed by atoms with van der Waals surface area (Å²) in [6.07, 6.45) is 12.7. The van der Waals surface area contributed by atoms with Gasteiger partial charge in [-0.1, -0.05) is 55.7 Å². The highest BCUT2D eigenvalue weighted by Crippen LogP contribution is 2.28. The molecule has 0 bridgehead atoms. The van der Waals surface area contributed by atoms with Gasteiger partial charge in [-0.3, -0.25) is 14.0 Å². The van der Waals surface area contributed by atoms with Crippen LogP contribution in [0.1, 0.15) is 68.7 Å². The van der Waals surface area contributed by atoms with E-state index in [1.807, 2.05) is 42.5 Å². The molecule has 0 radical (unpaired) electrons. The van der Waals surface area contributed by atoms with Crippen molar-refractivity contribution in [3.8, 4) is 0 Å². The van der Waals surface area contributed by atoms with Crippen LogP contribution in [-0.4, -0.2) is 49.9 Å². The molecule has 1 aliphatic rings. The third kappa shape index (κ3) is 10.3. The minimum atomic E-state index is -2.42. The molecule has 196 valence electrons. The second-order valence-electron chi connectivity index (χ2n) is 8.73. The SMILES string of the molecule is O=C(C=Cc1cccnc1)NCCCCCCCN(C(OC1CCCCO1)c1ccccc1)S(=O)[O-]. The third-order valence-corrected chi connectivity index (χ3v) is 6.68. The Labute approximate surface area is 216 Å². The lowest BCUT2D eigenvalue weighted by Gasteiger charge is -2.36. The van der Waals surface area contributed by atoms with E-state index in [4.69, 9.17) is 9.47 Å². The van der Waals surface area contributed by atoms with Crippen LogP contribution in [0.25, 0.3) is 6.08 Å². The first kappa shape index (κ1) is 28.1. The number of nitrogens with zero attached hydrogens (tertiary/aromatic N) is 2. The molecule has 9 heteroatoms. The minimum absolute atomic E-state index is 0.124. The molecule has 1 fully saturated rings. The summed E-state index contributed by atoms with van der Waals surface area (Å²) in [5, 5.41) is 2.88. The Morgan fingerprint density at radius 2 is 1.97 bits per heavy atom. The maximum atomic E-state index is 12.1. The summed E-state index contributed by atoms with van der Waals surface area (Å²) in [6.45, 7) is 1.62. The third-order valence-electron chi connectivity index (χ3n) is 5.92. The summed E-state index contributed by atoms with van der Waals surface area (Å²) in [5.74, 6) is -0.124. The van der Waals surface area contributed by atoms with Gasteiger partial charge in [-0.25, -0.2) is 4.31 Å². The van der Waals surface area contributed by atoms with E-state index in [1.54, 1.807) is 18.5 Å². The van der Waals surface area contributed by atoms with Crippen molar-refractivity contribution in [1.82, 2.24) is 14.6 Å². The number of unbranched alkanes of at least 4 members (excludes halogenated alkanes) is 4. The molecule has 1 aliphatic heterocycles. The average Bonchev–Trinajstić information content (AvgIpc) is 2.91. The van der Waals surface area contributed by atoms with E-state index >= 15 is 0 Å². The number of rotatable bonds is 15. The number of amides is 1. The molecule has 0 spiro atoms. The predicted octanol–water partition coefficient (Wildman–Crippen LogP) is 4.50. The zero-order valence-corrected chi connectivity index (χ0v) is 21.4. The highest BCUT2D eigenvalue weighted by molar-refractivity contribution is 7.76. The molecule has 8 nitrogen and oxygen atoms in total. The first-order chi connectivity index (χ1) is 17.6. The zero-order valence-electron chi connectivity index (χ0n) is 20.6. The Kier molecular flexibility index (Phi) is 12.8. The number of ether oxygens (including phenoxy) is 2. The molecule has 1 aromatic heterocycles. The van der Waals surface area contributed by atoms with Crippen LogP contribution in [0.4, 0.5) is 0 Å². The van der Waals surface area contributed by atoms with E-state index in [0.717, 1.165) is 62.5 Å². The summed E-state index contributed by atoms with van der Waals surface area (Å²) in [5.41, 5.74) is 1.68. The monoisotopic (exact) mass is 514 g/mol. The molecule has 3 unspecified atom stereocenters. The van der Waals surface area contributed by atoms with Gasteiger partial charge in [0.05, 0.1) is 0 Å². The van der Waals surface area contributed by atoms with Crippen LogP contribution in [0.3, 0.4) is 0 Å². The van der Waals surface area contributed by atoms with Crippen LogP contribution in [0.2, 0.25) is 0 Å². The molecule has 2 aromatic rings. The molecular formula is C27H36N3O5S-. The van der Waals surface area contributed by atoms with Crippen molar-refractivity contribution < 1.29 is 23.0 Å². The maximum absolute atomic E-state index is 12.1. The average molecular weight is 515 g/mol.